The van der Waals surface area contributed by atoms with Gasteiger partial charge in [-0.1, -0.05) is 6.92 Å². The number of hydrogen-bond donors (Lipinski definition) is 2. The largest absolute Gasteiger partial charge is 0.480 e. The molecule has 100 valence electrons. The smallest absolute Gasteiger partial charge is 0.326 e. The summed E-state index contributed by atoms with van der Waals surface area (Å²) in [7, 11) is 1.51. The number of aliphatic carboxylic acids is 1. The van der Waals surface area contributed by atoms with Crippen molar-refractivity contribution in [2.45, 2.75) is 38.8 Å². The first-order chi connectivity index (χ1) is 7.93. The summed E-state index contributed by atoms with van der Waals surface area (Å²) in [5.41, 5.74) is 0. The third-order valence-corrected chi connectivity index (χ3v) is 3.23. The summed E-state index contributed by atoms with van der Waals surface area (Å²) in [6.45, 7) is 3.67. The molecule has 0 aromatic rings. The number of urea groups is 1. The van der Waals surface area contributed by atoms with E-state index < -0.39 is 12.0 Å². The van der Waals surface area contributed by atoms with E-state index in [1.54, 1.807) is 18.7 Å². The predicted molar refractivity (Wildman–Crippen MR) is 70.5 cm³/mol. The van der Waals surface area contributed by atoms with Gasteiger partial charge in [-0.2, -0.15) is 11.8 Å². The summed E-state index contributed by atoms with van der Waals surface area (Å²) >= 11 is 1.72. The average Bonchev–Trinajstić information content (AvgIpc) is 2.26. The van der Waals surface area contributed by atoms with E-state index in [1.807, 2.05) is 13.2 Å². The van der Waals surface area contributed by atoms with Crippen LogP contribution in [0, 0.1) is 0 Å². The van der Waals surface area contributed by atoms with Crippen LogP contribution in [0.2, 0.25) is 0 Å². The molecule has 0 aliphatic heterocycles. The van der Waals surface area contributed by atoms with Gasteiger partial charge in [0.25, 0.3) is 0 Å². The molecule has 0 aromatic carbocycles. The zero-order chi connectivity index (χ0) is 13.4. The van der Waals surface area contributed by atoms with Gasteiger partial charge in [0.1, 0.15) is 6.04 Å². The van der Waals surface area contributed by atoms with Crippen LogP contribution >= 0.6 is 11.8 Å². The van der Waals surface area contributed by atoms with Crippen molar-refractivity contribution in [2.75, 3.05) is 19.1 Å². The Morgan fingerprint density at radius 2 is 2.06 bits per heavy atom. The van der Waals surface area contributed by atoms with Crippen molar-refractivity contribution in [3.63, 3.8) is 0 Å². The van der Waals surface area contributed by atoms with Crippen molar-refractivity contribution < 1.29 is 14.7 Å². The Bertz CT molecular complexity index is 261. The van der Waals surface area contributed by atoms with Crippen molar-refractivity contribution in [2.24, 2.45) is 0 Å². The number of carboxylic acids is 1. The van der Waals surface area contributed by atoms with Crippen LogP contribution in [0.15, 0.2) is 0 Å². The molecule has 0 fully saturated rings. The Morgan fingerprint density at radius 1 is 1.47 bits per heavy atom. The van der Waals surface area contributed by atoms with Gasteiger partial charge < -0.3 is 15.3 Å². The molecule has 0 aromatic heterocycles. The Labute approximate surface area is 107 Å². The van der Waals surface area contributed by atoms with E-state index in [-0.39, 0.29) is 12.1 Å². The Hall–Kier alpha value is -0.910. The quantitative estimate of drug-likeness (QED) is 0.731. The van der Waals surface area contributed by atoms with Crippen molar-refractivity contribution in [1.82, 2.24) is 10.2 Å². The Balaban J connectivity index is 4.25. The number of hydrogen-bond acceptors (Lipinski definition) is 3. The molecule has 0 aliphatic rings. The molecule has 0 saturated carbocycles. The second-order valence-corrected chi connectivity index (χ2v) is 4.99. The highest BCUT2D eigenvalue weighted by Crippen LogP contribution is 2.04. The number of nitrogens with zero attached hydrogens (tertiary/aromatic N) is 1. The lowest BCUT2D eigenvalue weighted by Gasteiger charge is -2.26. The Kier molecular flexibility index (Phi) is 7.78. The van der Waals surface area contributed by atoms with Crippen LogP contribution in [-0.4, -0.2) is 53.1 Å². The molecule has 0 rings (SSSR count). The van der Waals surface area contributed by atoms with Crippen LogP contribution < -0.4 is 5.32 Å². The van der Waals surface area contributed by atoms with E-state index in [4.69, 9.17) is 5.11 Å². The van der Waals surface area contributed by atoms with Gasteiger partial charge >= 0.3 is 12.0 Å². The number of likely N-dealkylation sites (N-methyl/N-ethyl adjacent to an activating group) is 1. The lowest BCUT2D eigenvalue weighted by atomic mass is 10.2. The molecule has 0 radical (unpaired) electrons. The van der Waals surface area contributed by atoms with E-state index in [0.717, 1.165) is 12.2 Å². The summed E-state index contributed by atoms with van der Waals surface area (Å²) < 4.78 is 0. The average molecular weight is 262 g/mol. The van der Waals surface area contributed by atoms with Crippen molar-refractivity contribution >= 4 is 23.8 Å². The van der Waals surface area contributed by atoms with E-state index in [9.17, 15) is 9.59 Å². The first-order valence-electron chi connectivity index (χ1n) is 5.69. The maximum absolute atomic E-state index is 11.8. The van der Waals surface area contributed by atoms with Gasteiger partial charge in [-0.25, -0.2) is 9.59 Å². The Morgan fingerprint density at radius 3 is 2.47 bits per heavy atom. The minimum atomic E-state index is -0.970. The van der Waals surface area contributed by atoms with Gasteiger partial charge in [-0.05, 0) is 31.8 Å². The minimum absolute atomic E-state index is 0.0590. The number of carbonyl (C=O) groups excluding carboxylic acids is 1. The molecule has 0 bridgehead atoms. The minimum Gasteiger partial charge on any atom is -0.480 e. The molecule has 2 amide bonds. The molecule has 17 heavy (non-hydrogen) atoms. The molecule has 0 aliphatic carbocycles. The summed E-state index contributed by atoms with van der Waals surface area (Å²) in [4.78, 5) is 23.9. The third-order valence-electron chi connectivity index (χ3n) is 2.58. The lowest BCUT2D eigenvalue weighted by Crippen LogP contribution is -2.49. The molecular weight excluding hydrogens is 240 g/mol. The number of carbonyl (C=O) groups is 2. The monoisotopic (exact) mass is 262 g/mol. The van der Waals surface area contributed by atoms with E-state index >= 15 is 0 Å². The van der Waals surface area contributed by atoms with Crippen molar-refractivity contribution in [1.29, 1.82) is 0 Å². The molecule has 5 nitrogen and oxygen atoms in total. The van der Waals surface area contributed by atoms with Gasteiger partial charge in [0.2, 0.25) is 0 Å². The van der Waals surface area contributed by atoms with E-state index in [0.29, 0.717) is 6.42 Å². The summed E-state index contributed by atoms with van der Waals surface area (Å²) in [5.74, 6) is 0.00306. The molecular formula is C11H22N2O3S. The topological polar surface area (TPSA) is 69.6 Å². The highest BCUT2D eigenvalue weighted by Gasteiger charge is 2.25. The fourth-order valence-electron chi connectivity index (χ4n) is 1.44. The molecule has 2 unspecified atom stereocenters. The van der Waals surface area contributed by atoms with Gasteiger partial charge in [-0.3, -0.25) is 0 Å². The molecule has 2 N–H and O–H groups in total. The predicted octanol–water partition coefficient (Wildman–Crippen LogP) is 1.63. The van der Waals surface area contributed by atoms with Gasteiger partial charge in [0.15, 0.2) is 0 Å². The number of nitrogens with one attached hydrogen (secondary N) is 1. The van der Waals surface area contributed by atoms with E-state index in [2.05, 4.69) is 5.32 Å². The van der Waals surface area contributed by atoms with Crippen LogP contribution in [0.3, 0.4) is 0 Å². The normalized spacial score (nSPS) is 13.9. The van der Waals surface area contributed by atoms with Gasteiger partial charge in [-0.15, -0.1) is 0 Å². The number of amides is 2. The molecule has 0 spiro atoms. The second kappa shape index (κ2) is 8.22. The first-order valence-corrected chi connectivity index (χ1v) is 7.08. The van der Waals surface area contributed by atoms with Crippen LogP contribution in [0.1, 0.15) is 26.7 Å². The maximum Gasteiger partial charge on any atom is 0.326 e. The number of thioether (sulfide) groups is 1. The fraction of sp³-hybridized carbons (Fsp3) is 0.818. The molecule has 6 heteroatoms. The van der Waals surface area contributed by atoms with Crippen molar-refractivity contribution in [3.05, 3.63) is 0 Å². The third kappa shape index (κ3) is 5.81. The highest BCUT2D eigenvalue weighted by atomic mass is 32.2. The van der Waals surface area contributed by atoms with Crippen molar-refractivity contribution in [3.8, 4) is 0 Å². The SMILES string of the molecule is CCC(C(=O)O)N(C)C(=O)NC(C)CCSC. The lowest BCUT2D eigenvalue weighted by molar-refractivity contribution is -0.141. The van der Waals surface area contributed by atoms with Gasteiger partial charge in [0.05, 0.1) is 0 Å². The maximum atomic E-state index is 11.8. The van der Waals surface area contributed by atoms with Crippen LogP contribution in [0.4, 0.5) is 4.79 Å². The summed E-state index contributed by atoms with van der Waals surface area (Å²) in [5, 5.41) is 11.7. The molecule has 0 saturated heterocycles. The highest BCUT2D eigenvalue weighted by molar-refractivity contribution is 7.98. The number of carboxylic acid groups (broad SMARTS) is 1. The van der Waals surface area contributed by atoms with Crippen LogP contribution in [-0.2, 0) is 4.79 Å². The zero-order valence-electron chi connectivity index (χ0n) is 10.9. The molecule has 0 heterocycles. The van der Waals surface area contributed by atoms with Crippen LogP contribution in [0.5, 0.6) is 0 Å². The van der Waals surface area contributed by atoms with E-state index in [1.165, 1.54) is 11.9 Å². The van der Waals surface area contributed by atoms with Gasteiger partial charge in [0, 0.05) is 13.1 Å². The molecule has 2 atom stereocenters. The zero-order valence-corrected chi connectivity index (χ0v) is 11.7. The summed E-state index contributed by atoms with van der Waals surface area (Å²) in [6.07, 6.45) is 3.29. The summed E-state index contributed by atoms with van der Waals surface area (Å²) in [6, 6.07) is -1.03. The second-order valence-electron chi connectivity index (χ2n) is 4.01. The number of rotatable bonds is 7. The van der Waals surface area contributed by atoms with Crippen LogP contribution in [0.25, 0.3) is 0 Å². The standard InChI is InChI=1S/C11H22N2O3S/c1-5-9(10(14)15)13(3)11(16)12-8(2)6-7-17-4/h8-9H,5-7H2,1-4H3,(H,12,16)(H,14,15). The first kappa shape index (κ1) is 16.1. The fourth-order valence-corrected chi connectivity index (χ4v) is 2.02.